The van der Waals surface area contributed by atoms with Gasteiger partial charge in [-0.25, -0.2) is 9.55 Å². The highest BCUT2D eigenvalue weighted by Crippen LogP contribution is 2.17. The van der Waals surface area contributed by atoms with Gasteiger partial charge in [0.25, 0.3) is 0 Å². The van der Waals surface area contributed by atoms with Crippen molar-refractivity contribution in [1.29, 1.82) is 0 Å². The van der Waals surface area contributed by atoms with Crippen LogP contribution in [0.4, 0.5) is 5.82 Å². The molecule has 0 aliphatic carbocycles. The number of aliphatic hydroxyl groups is 1. The number of rotatable bonds is 6. The molecule has 1 aliphatic heterocycles. The van der Waals surface area contributed by atoms with Crippen LogP contribution >= 0.6 is 0 Å². The van der Waals surface area contributed by atoms with E-state index in [1.54, 1.807) is 6.92 Å². The van der Waals surface area contributed by atoms with Crippen LogP contribution < -0.4 is 0 Å². The molecule has 1 unspecified atom stereocenters. The van der Waals surface area contributed by atoms with Gasteiger partial charge in [0, 0.05) is 6.92 Å². The Morgan fingerprint density at radius 3 is 2.81 bits per heavy atom. The Morgan fingerprint density at radius 2 is 2.24 bits per heavy atom. The third kappa shape index (κ3) is 3.58. The van der Waals surface area contributed by atoms with E-state index in [1.807, 2.05) is 0 Å². The summed E-state index contributed by atoms with van der Waals surface area (Å²) >= 11 is 0. The molecule has 1 aromatic heterocycles. The number of hydrogen-bond acceptors (Lipinski definition) is 5. The molecule has 1 fully saturated rings. The second kappa shape index (κ2) is 6.50. The largest absolute Gasteiger partial charge is 0.383 e. The minimum Gasteiger partial charge on any atom is -0.383 e. The lowest BCUT2D eigenvalue weighted by Crippen LogP contribution is -2.58. The van der Waals surface area contributed by atoms with Crippen LogP contribution in [0, 0.1) is 17.0 Å². The summed E-state index contributed by atoms with van der Waals surface area (Å²) in [5.74, 6) is 0.474. The molecule has 1 saturated heterocycles. The summed E-state index contributed by atoms with van der Waals surface area (Å²) in [5, 5.41) is 21.3. The maximum atomic E-state index is 11.0. The van der Waals surface area contributed by atoms with Crippen molar-refractivity contribution in [2.24, 2.45) is 0 Å². The first kappa shape index (κ1) is 15.9. The van der Waals surface area contributed by atoms with Crippen LogP contribution in [0.15, 0.2) is 6.20 Å². The maximum absolute atomic E-state index is 11.0. The number of aromatic nitrogens is 2. The van der Waals surface area contributed by atoms with Gasteiger partial charge in [-0.05, 0) is 11.8 Å². The van der Waals surface area contributed by atoms with Crippen LogP contribution in [0.3, 0.4) is 0 Å². The van der Waals surface area contributed by atoms with Crippen LogP contribution in [-0.2, 0) is 11.3 Å². The van der Waals surface area contributed by atoms with Gasteiger partial charge in [0.1, 0.15) is 38.5 Å². The lowest BCUT2D eigenvalue weighted by atomic mass is 10.2. The molecule has 1 aliphatic rings. The van der Waals surface area contributed by atoms with Gasteiger partial charge in [-0.2, -0.15) is 0 Å². The Hall–Kier alpha value is -1.51. The lowest BCUT2D eigenvalue weighted by molar-refractivity contribution is -0.936. The molecule has 8 heteroatoms. The fourth-order valence-corrected chi connectivity index (χ4v) is 2.90. The first-order valence-corrected chi connectivity index (χ1v) is 7.25. The normalized spacial score (nSPS) is 19.4. The second-order valence-corrected chi connectivity index (χ2v) is 5.59. The van der Waals surface area contributed by atoms with Gasteiger partial charge in [0.05, 0.1) is 19.8 Å². The number of morpholine rings is 1. The highest BCUT2D eigenvalue weighted by molar-refractivity contribution is 5.18. The average Bonchev–Trinajstić information content (AvgIpc) is 2.81. The second-order valence-electron chi connectivity index (χ2n) is 5.59. The van der Waals surface area contributed by atoms with Crippen LogP contribution in [0.1, 0.15) is 12.7 Å². The van der Waals surface area contributed by atoms with Gasteiger partial charge < -0.3 is 24.4 Å². The molecule has 2 heterocycles. The van der Waals surface area contributed by atoms with Gasteiger partial charge in [-0.1, -0.05) is 0 Å². The van der Waals surface area contributed by atoms with Crippen LogP contribution in [-0.4, -0.2) is 69.6 Å². The zero-order chi connectivity index (χ0) is 15.5. The first-order valence-electron chi connectivity index (χ1n) is 7.25. The molecule has 1 N–H and O–H groups in total. The highest BCUT2D eigenvalue weighted by Gasteiger charge is 2.33. The molecule has 0 aromatic carbocycles. The van der Waals surface area contributed by atoms with E-state index >= 15 is 0 Å². The number of aliphatic hydroxyl groups excluding tert-OH is 1. The zero-order valence-electron chi connectivity index (χ0n) is 12.6. The molecule has 0 amide bonds. The van der Waals surface area contributed by atoms with Crippen molar-refractivity contribution in [2.75, 3.05) is 39.4 Å². The molecule has 1 aromatic rings. The number of aryl methyl sites for hydroxylation is 1. The standard InChI is InChI=1S/C13H23N4O4/c1-3-17(4-6-21-7-5-17)10-12(18)9-15-11(2)14-8-13(15)16(19)20/h8,12,18H,3-7,9-10H2,1-2H3/q+1. The Morgan fingerprint density at radius 1 is 1.57 bits per heavy atom. The Bertz CT molecular complexity index is 496. The van der Waals surface area contributed by atoms with E-state index in [0.717, 1.165) is 24.1 Å². The monoisotopic (exact) mass is 299 g/mol. The van der Waals surface area contributed by atoms with E-state index in [0.29, 0.717) is 25.6 Å². The average molecular weight is 299 g/mol. The van der Waals surface area contributed by atoms with E-state index in [2.05, 4.69) is 11.9 Å². The molecule has 0 saturated carbocycles. The minimum absolute atomic E-state index is 0.0726. The van der Waals surface area contributed by atoms with Crippen molar-refractivity contribution in [3.05, 3.63) is 22.1 Å². The van der Waals surface area contributed by atoms with Gasteiger partial charge in [-0.3, -0.25) is 0 Å². The maximum Gasteiger partial charge on any atom is 0.342 e. The molecule has 21 heavy (non-hydrogen) atoms. The van der Waals surface area contributed by atoms with Crippen molar-refractivity contribution in [3.63, 3.8) is 0 Å². The fourth-order valence-electron chi connectivity index (χ4n) is 2.90. The summed E-state index contributed by atoms with van der Waals surface area (Å²) in [4.78, 5) is 14.5. The summed E-state index contributed by atoms with van der Waals surface area (Å²) in [6, 6.07) is 0. The Balaban J connectivity index is 2.06. The number of likely N-dealkylation sites (N-methyl/N-ethyl adjacent to an activating group) is 1. The van der Waals surface area contributed by atoms with E-state index in [9.17, 15) is 15.2 Å². The van der Waals surface area contributed by atoms with Crippen LogP contribution in [0.5, 0.6) is 0 Å². The van der Waals surface area contributed by atoms with Crippen LogP contribution in [0.2, 0.25) is 0 Å². The predicted molar refractivity (Wildman–Crippen MR) is 75.8 cm³/mol. The van der Waals surface area contributed by atoms with Crippen molar-refractivity contribution >= 4 is 5.82 Å². The SMILES string of the molecule is CC[N+]1(CC(O)Cn2c([N+](=O)[O-])cnc2C)CCOCC1. The number of nitro groups is 1. The lowest BCUT2D eigenvalue weighted by Gasteiger charge is -2.41. The van der Waals surface area contributed by atoms with E-state index < -0.39 is 11.0 Å². The first-order chi connectivity index (χ1) is 9.97. The van der Waals surface area contributed by atoms with Gasteiger partial charge >= 0.3 is 5.82 Å². The zero-order valence-corrected chi connectivity index (χ0v) is 12.6. The van der Waals surface area contributed by atoms with Crippen molar-refractivity contribution in [2.45, 2.75) is 26.5 Å². The van der Waals surface area contributed by atoms with Gasteiger partial charge in [0.15, 0.2) is 5.82 Å². The molecule has 2 rings (SSSR count). The summed E-state index contributed by atoms with van der Waals surface area (Å²) in [7, 11) is 0. The van der Waals surface area contributed by atoms with Crippen molar-refractivity contribution < 1.29 is 19.2 Å². The molecule has 0 spiro atoms. The molecule has 1 atom stereocenters. The van der Waals surface area contributed by atoms with E-state index in [4.69, 9.17) is 4.74 Å². The van der Waals surface area contributed by atoms with E-state index in [1.165, 1.54) is 10.8 Å². The smallest absolute Gasteiger partial charge is 0.342 e. The molecule has 118 valence electrons. The number of imidazole rings is 1. The quantitative estimate of drug-likeness (QED) is 0.464. The molecule has 0 radical (unpaired) electrons. The van der Waals surface area contributed by atoms with Crippen molar-refractivity contribution in [1.82, 2.24) is 9.55 Å². The van der Waals surface area contributed by atoms with Gasteiger partial charge in [0.2, 0.25) is 0 Å². The third-order valence-corrected chi connectivity index (χ3v) is 4.30. The summed E-state index contributed by atoms with van der Waals surface area (Å²) < 4.78 is 7.65. The van der Waals surface area contributed by atoms with Crippen molar-refractivity contribution in [3.8, 4) is 0 Å². The Kier molecular flexibility index (Phi) is 4.92. The van der Waals surface area contributed by atoms with Crippen LogP contribution in [0.25, 0.3) is 0 Å². The predicted octanol–water partition coefficient (Wildman–Crippen LogP) is 0.328. The summed E-state index contributed by atoms with van der Waals surface area (Å²) in [6.07, 6.45) is 0.593. The summed E-state index contributed by atoms with van der Waals surface area (Å²) in [5.41, 5.74) is 0. The number of hydrogen-bond donors (Lipinski definition) is 1. The minimum atomic E-state index is -0.644. The van der Waals surface area contributed by atoms with Gasteiger partial charge in [-0.15, -0.1) is 0 Å². The molecular weight excluding hydrogens is 276 g/mol. The number of ether oxygens (including phenoxy) is 1. The van der Waals surface area contributed by atoms with E-state index in [-0.39, 0.29) is 12.4 Å². The highest BCUT2D eigenvalue weighted by atomic mass is 16.6. The topological polar surface area (TPSA) is 90.4 Å². The number of quaternary nitrogens is 1. The molecule has 8 nitrogen and oxygen atoms in total. The molecule has 0 bridgehead atoms. The Labute approximate surface area is 123 Å². The third-order valence-electron chi connectivity index (χ3n) is 4.30. The molecular formula is C13H23N4O4+. The fraction of sp³-hybridized carbons (Fsp3) is 0.769. The number of nitrogens with zero attached hydrogens (tertiary/aromatic N) is 4. The summed E-state index contributed by atoms with van der Waals surface area (Å²) in [6.45, 7) is 8.65.